The number of benzene rings is 1. The summed E-state index contributed by atoms with van der Waals surface area (Å²) in [5.74, 6) is -0.503. The maximum atomic E-state index is 12.8. The van der Waals surface area contributed by atoms with E-state index >= 15 is 0 Å². The number of aryl methyl sites for hydroxylation is 1. The Morgan fingerprint density at radius 2 is 2.00 bits per heavy atom. The summed E-state index contributed by atoms with van der Waals surface area (Å²) in [7, 11) is -4.55. The third-order valence-electron chi connectivity index (χ3n) is 1.75. The molecule has 0 fully saturated rings. The highest BCUT2D eigenvalue weighted by Gasteiger charge is 2.22. The molecule has 0 aliphatic heterocycles. The van der Waals surface area contributed by atoms with Gasteiger partial charge in [-0.15, -0.1) is 0 Å². The van der Waals surface area contributed by atoms with Gasteiger partial charge in [0, 0.05) is 0 Å². The average Bonchev–Trinajstić information content (AvgIpc) is 2.07. The Balaban J connectivity index is 3.16. The zero-order chi connectivity index (χ0) is 10.9. The number of hydrogen-bond donors (Lipinski definition) is 2. The molecule has 1 unspecified atom stereocenters. The van der Waals surface area contributed by atoms with Gasteiger partial charge in [0.25, 0.3) is 10.1 Å². The maximum Gasteiger partial charge on any atom is 0.296 e. The first kappa shape index (κ1) is 11.1. The summed E-state index contributed by atoms with van der Waals surface area (Å²) >= 11 is 0. The van der Waals surface area contributed by atoms with Crippen LogP contribution in [0.15, 0.2) is 18.2 Å². The summed E-state index contributed by atoms with van der Waals surface area (Å²) in [5, 5.41) is 9.11. The molecule has 4 nitrogen and oxygen atoms in total. The molecular weight excluding hydrogens is 211 g/mol. The van der Waals surface area contributed by atoms with E-state index in [1.165, 1.54) is 6.92 Å². The second kappa shape index (κ2) is 3.64. The summed E-state index contributed by atoms with van der Waals surface area (Å²) < 4.78 is 42.4. The minimum absolute atomic E-state index is 0.0635. The first-order chi connectivity index (χ1) is 6.32. The van der Waals surface area contributed by atoms with Gasteiger partial charge in [-0.1, -0.05) is 6.07 Å². The quantitative estimate of drug-likeness (QED) is 0.729. The Bertz CT molecular complexity index is 441. The highest BCUT2D eigenvalue weighted by Crippen LogP contribution is 2.20. The van der Waals surface area contributed by atoms with E-state index in [2.05, 4.69) is 0 Å². The third-order valence-corrected chi connectivity index (χ3v) is 2.59. The van der Waals surface area contributed by atoms with Crippen molar-refractivity contribution in [3.8, 4) is 0 Å². The van der Waals surface area contributed by atoms with Gasteiger partial charge in [0.2, 0.25) is 5.44 Å². The Morgan fingerprint density at radius 1 is 1.43 bits per heavy atom. The van der Waals surface area contributed by atoms with Gasteiger partial charge >= 0.3 is 0 Å². The van der Waals surface area contributed by atoms with Crippen LogP contribution in [0.3, 0.4) is 0 Å². The molecule has 1 aromatic rings. The molecule has 14 heavy (non-hydrogen) atoms. The van der Waals surface area contributed by atoms with Crippen LogP contribution in [0.5, 0.6) is 0 Å². The monoisotopic (exact) mass is 220 g/mol. The van der Waals surface area contributed by atoms with Crippen LogP contribution in [-0.4, -0.2) is 18.1 Å². The molecule has 78 valence electrons. The third kappa shape index (κ3) is 2.28. The number of aliphatic hydroxyl groups is 1. The number of rotatable bonds is 2. The molecule has 0 heterocycles. The Labute approximate surface area is 80.7 Å². The van der Waals surface area contributed by atoms with Gasteiger partial charge in [0.05, 0.1) is 0 Å². The van der Waals surface area contributed by atoms with Crippen LogP contribution in [0.4, 0.5) is 4.39 Å². The molecule has 0 amide bonds. The van der Waals surface area contributed by atoms with Crippen LogP contribution in [-0.2, 0) is 10.1 Å². The fourth-order valence-corrected chi connectivity index (χ4v) is 1.48. The zero-order valence-corrected chi connectivity index (χ0v) is 8.12. The molecule has 0 bridgehead atoms. The Morgan fingerprint density at radius 3 is 2.43 bits per heavy atom. The number of aliphatic hydroxyl groups excluding tert-OH is 1. The van der Waals surface area contributed by atoms with Gasteiger partial charge in [-0.2, -0.15) is 8.42 Å². The molecule has 1 atom stereocenters. The molecule has 0 radical (unpaired) electrons. The van der Waals surface area contributed by atoms with E-state index in [9.17, 15) is 12.8 Å². The van der Waals surface area contributed by atoms with Gasteiger partial charge in [0.15, 0.2) is 0 Å². The molecule has 0 aromatic heterocycles. The molecule has 0 spiro atoms. The SMILES string of the molecule is Cc1cc(C(O)S(=O)(=O)O)ccc1F. The average molecular weight is 220 g/mol. The van der Waals surface area contributed by atoms with Gasteiger partial charge in [-0.3, -0.25) is 4.55 Å². The van der Waals surface area contributed by atoms with Crippen molar-refractivity contribution in [1.82, 2.24) is 0 Å². The fourth-order valence-electron chi connectivity index (χ4n) is 0.993. The molecule has 1 aromatic carbocycles. The summed E-state index contributed by atoms with van der Waals surface area (Å²) in [4.78, 5) is 0. The van der Waals surface area contributed by atoms with Crippen molar-refractivity contribution in [3.05, 3.63) is 35.1 Å². The van der Waals surface area contributed by atoms with Crippen LogP contribution in [0, 0.1) is 12.7 Å². The van der Waals surface area contributed by atoms with Crippen molar-refractivity contribution < 1.29 is 22.5 Å². The normalized spacial score (nSPS) is 14.0. The van der Waals surface area contributed by atoms with Crippen molar-refractivity contribution in [3.63, 3.8) is 0 Å². The first-order valence-corrected chi connectivity index (χ1v) is 5.23. The van der Waals surface area contributed by atoms with E-state index in [-0.39, 0.29) is 11.1 Å². The lowest BCUT2D eigenvalue weighted by Crippen LogP contribution is -2.11. The lowest BCUT2D eigenvalue weighted by atomic mass is 10.1. The second-order valence-electron chi connectivity index (χ2n) is 2.88. The van der Waals surface area contributed by atoms with Crippen LogP contribution >= 0.6 is 0 Å². The van der Waals surface area contributed by atoms with E-state index in [0.29, 0.717) is 0 Å². The van der Waals surface area contributed by atoms with Crippen molar-refractivity contribution >= 4 is 10.1 Å². The molecule has 6 heteroatoms. The summed E-state index contributed by atoms with van der Waals surface area (Å²) in [6, 6.07) is 3.29. The molecule has 0 saturated heterocycles. The predicted octanol–water partition coefficient (Wildman–Crippen LogP) is 1.01. The summed E-state index contributed by atoms with van der Waals surface area (Å²) in [6.07, 6.45) is 0. The Kier molecular flexibility index (Phi) is 2.89. The highest BCUT2D eigenvalue weighted by molar-refractivity contribution is 7.85. The van der Waals surface area contributed by atoms with Gasteiger partial charge < -0.3 is 5.11 Å². The molecule has 2 N–H and O–H groups in total. The van der Waals surface area contributed by atoms with E-state index in [1.807, 2.05) is 0 Å². The minimum atomic E-state index is -4.55. The van der Waals surface area contributed by atoms with E-state index < -0.39 is 21.4 Å². The summed E-state index contributed by atoms with van der Waals surface area (Å²) in [6.45, 7) is 1.43. The van der Waals surface area contributed by atoms with Gasteiger partial charge in [-0.25, -0.2) is 4.39 Å². The Hall–Kier alpha value is -0.980. The maximum absolute atomic E-state index is 12.8. The molecule has 0 aliphatic carbocycles. The van der Waals surface area contributed by atoms with Crippen molar-refractivity contribution in [2.45, 2.75) is 12.4 Å². The molecule has 1 rings (SSSR count). The lowest BCUT2D eigenvalue weighted by Gasteiger charge is -2.08. The molecular formula is C8H9FO4S. The topological polar surface area (TPSA) is 74.6 Å². The van der Waals surface area contributed by atoms with E-state index in [0.717, 1.165) is 18.2 Å². The lowest BCUT2D eigenvalue weighted by molar-refractivity contribution is 0.238. The van der Waals surface area contributed by atoms with Crippen LogP contribution < -0.4 is 0 Å². The van der Waals surface area contributed by atoms with Crippen molar-refractivity contribution in [1.29, 1.82) is 0 Å². The van der Waals surface area contributed by atoms with Gasteiger partial charge in [-0.05, 0) is 30.2 Å². The smallest absolute Gasteiger partial charge is 0.296 e. The van der Waals surface area contributed by atoms with Gasteiger partial charge in [0.1, 0.15) is 5.82 Å². The number of halogens is 1. The largest absolute Gasteiger partial charge is 0.371 e. The summed E-state index contributed by atoms with van der Waals surface area (Å²) in [5.41, 5.74) is -1.89. The molecule has 0 aliphatic rings. The second-order valence-corrected chi connectivity index (χ2v) is 4.35. The number of hydrogen-bond acceptors (Lipinski definition) is 3. The predicted molar refractivity (Wildman–Crippen MR) is 47.6 cm³/mol. The van der Waals surface area contributed by atoms with Crippen LogP contribution in [0.25, 0.3) is 0 Å². The van der Waals surface area contributed by atoms with Crippen molar-refractivity contribution in [2.75, 3.05) is 0 Å². The van der Waals surface area contributed by atoms with E-state index in [4.69, 9.17) is 9.66 Å². The minimum Gasteiger partial charge on any atom is -0.371 e. The fraction of sp³-hybridized carbons (Fsp3) is 0.250. The standard InChI is InChI=1S/C8H9FO4S/c1-5-4-6(2-3-7(5)9)8(10)14(11,12)13/h2-4,8,10H,1H3,(H,11,12,13). The van der Waals surface area contributed by atoms with Crippen LogP contribution in [0.2, 0.25) is 0 Å². The van der Waals surface area contributed by atoms with Crippen LogP contribution in [0.1, 0.15) is 16.6 Å². The molecule has 0 saturated carbocycles. The van der Waals surface area contributed by atoms with Crippen molar-refractivity contribution in [2.24, 2.45) is 0 Å². The zero-order valence-electron chi connectivity index (χ0n) is 7.31. The first-order valence-electron chi connectivity index (χ1n) is 3.73. The highest BCUT2D eigenvalue weighted by atomic mass is 32.2. The van der Waals surface area contributed by atoms with E-state index in [1.54, 1.807) is 0 Å².